The Morgan fingerprint density at radius 3 is 1.33 bits per heavy atom. The van der Waals surface area contributed by atoms with Gasteiger partial charge in [-0.15, -0.1) is 0 Å². The number of fused-ring (bicyclic) bond motifs is 4. The Kier molecular flexibility index (Phi) is 7.86. The molecule has 57 heavy (non-hydrogen) atoms. The molecular weight excluding hydrogens is 689 g/mol. The van der Waals surface area contributed by atoms with Crippen molar-refractivity contribution in [2.24, 2.45) is 0 Å². The van der Waals surface area contributed by atoms with E-state index in [-0.39, 0.29) is 0 Å². The minimum Gasteiger partial charge on any atom is -0.311 e. The minimum atomic E-state index is 0.967. The highest BCUT2D eigenvalue weighted by molar-refractivity contribution is 6.28. The summed E-state index contributed by atoms with van der Waals surface area (Å²) >= 11 is 0. The van der Waals surface area contributed by atoms with Crippen molar-refractivity contribution in [1.82, 2.24) is 4.98 Å². The lowest BCUT2D eigenvalue weighted by atomic mass is 9.82. The molecule has 0 saturated heterocycles. The van der Waals surface area contributed by atoms with Gasteiger partial charge in [0.15, 0.2) is 0 Å². The van der Waals surface area contributed by atoms with E-state index < -0.39 is 0 Å². The van der Waals surface area contributed by atoms with Crippen molar-refractivity contribution in [1.29, 1.82) is 0 Å². The topological polar surface area (TPSA) is 16.1 Å². The third kappa shape index (κ3) is 5.45. The van der Waals surface area contributed by atoms with Gasteiger partial charge >= 0.3 is 0 Å². The van der Waals surface area contributed by atoms with Crippen LogP contribution in [0, 0.1) is 0 Å². The SMILES string of the molecule is c1ccc(-c2c3c(c(-c4ccccc4)c4ccccc24)-c2ccc(-c4ccc(N(c5ccccc5)c5ccc(-c6ccccn6)cc5)cc4)c4cccc-3c24)cc1. The second-order valence-electron chi connectivity index (χ2n) is 14.6. The molecule has 10 aromatic rings. The second-order valence-corrected chi connectivity index (χ2v) is 14.6. The van der Waals surface area contributed by atoms with E-state index >= 15 is 0 Å². The molecule has 2 heteroatoms. The average Bonchev–Trinajstić information content (AvgIpc) is 3.62. The number of nitrogens with zero attached hydrogens (tertiary/aromatic N) is 2. The molecule has 0 spiro atoms. The van der Waals surface area contributed by atoms with E-state index in [2.05, 4.69) is 204 Å². The van der Waals surface area contributed by atoms with E-state index in [1.165, 1.54) is 77.2 Å². The normalized spacial score (nSPS) is 11.5. The summed E-state index contributed by atoms with van der Waals surface area (Å²) in [7, 11) is 0. The number of benzene rings is 9. The standard InChI is InChI=1S/C55H36N2/c1-4-15-39(16-5-1)51-46-21-10-11-22-47(46)52(40-17-6-2-7-18-40)55-49-35-34-44(45-23-14-24-48(53(45)49)54(51)55)37-26-30-42(31-27-37)57(41-19-8-3-9-20-41)43-32-28-38(29-33-43)50-25-12-13-36-56-50/h1-36H. The summed E-state index contributed by atoms with van der Waals surface area (Å²) in [5, 5.41) is 5.13. The van der Waals surface area contributed by atoms with Gasteiger partial charge in [0, 0.05) is 28.8 Å². The quantitative estimate of drug-likeness (QED) is 0.163. The Bertz CT molecular complexity index is 2970. The maximum absolute atomic E-state index is 4.56. The van der Waals surface area contributed by atoms with Gasteiger partial charge in [0.1, 0.15) is 0 Å². The Morgan fingerprint density at radius 1 is 0.281 bits per heavy atom. The zero-order valence-electron chi connectivity index (χ0n) is 31.2. The molecule has 266 valence electrons. The molecule has 0 saturated carbocycles. The van der Waals surface area contributed by atoms with Gasteiger partial charge in [-0.25, -0.2) is 0 Å². The molecule has 0 unspecified atom stereocenters. The molecule has 0 aliphatic heterocycles. The highest BCUT2D eigenvalue weighted by Gasteiger charge is 2.31. The zero-order chi connectivity index (χ0) is 37.7. The molecule has 1 aliphatic carbocycles. The lowest BCUT2D eigenvalue weighted by Gasteiger charge is -2.26. The maximum atomic E-state index is 4.56. The van der Waals surface area contributed by atoms with Crippen LogP contribution in [0.25, 0.3) is 88.4 Å². The predicted octanol–water partition coefficient (Wildman–Crippen LogP) is 15.2. The van der Waals surface area contributed by atoms with Crippen molar-refractivity contribution >= 4 is 38.6 Å². The third-order valence-corrected chi connectivity index (χ3v) is 11.5. The number of anilines is 3. The number of aromatic nitrogens is 1. The number of pyridine rings is 1. The van der Waals surface area contributed by atoms with E-state index in [0.29, 0.717) is 0 Å². The monoisotopic (exact) mass is 724 g/mol. The second kappa shape index (κ2) is 13.6. The minimum absolute atomic E-state index is 0.967. The largest absolute Gasteiger partial charge is 0.311 e. The van der Waals surface area contributed by atoms with Crippen molar-refractivity contribution in [3.63, 3.8) is 0 Å². The number of hydrogen-bond donors (Lipinski definition) is 0. The van der Waals surface area contributed by atoms with Crippen LogP contribution in [-0.4, -0.2) is 4.98 Å². The molecular formula is C55H36N2. The molecule has 1 aliphatic rings. The molecule has 0 atom stereocenters. The van der Waals surface area contributed by atoms with Gasteiger partial charge in [-0.1, -0.05) is 164 Å². The van der Waals surface area contributed by atoms with Crippen LogP contribution < -0.4 is 4.90 Å². The summed E-state index contributed by atoms with van der Waals surface area (Å²) in [6, 6.07) is 76.8. The first-order valence-corrected chi connectivity index (χ1v) is 19.5. The molecule has 1 aromatic heterocycles. The zero-order valence-corrected chi connectivity index (χ0v) is 31.2. The van der Waals surface area contributed by atoms with Crippen LogP contribution in [0.15, 0.2) is 219 Å². The van der Waals surface area contributed by atoms with Gasteiger partial charge in [0.25, 0.3) is 0 Å². The number of para-hydroxylation sites is 1. The van der Waals surface area contributed by atoms with Crippen molar-refractivity contribution in [3.8, 4) is 66.9 Å². The first-order valence-electron chi connectivity index (χ1n) is 19.5. The van der Waals surface area contributed by atoms with Gasteiger partial charge in [0.05, 0.1) is 5.69 Å². The van der Waals surface area contributed by atoms with E-state index in [9.17, 15) is 0 Å². The van der Waals surface area contributed by atoms with Crippen LogP contribution in [0.2, 0.25) is 0 Å². The maximum Gasteiger partial charge on any atom is 0.0701 e. The van der Waals surface area contributed by atoms with E-state index in [0.717, 1.165) is 28.3 Å². The van der Waals surface area contributed by atoms with Crippen LogP contribution in [0.3, 0.4) is 0 Å². The van der Waals surface area contributed by atoms with Crippen molar-refractivity contribution in [2.75, 3.05) is 4.90 Å². The molecule has 0 N–H and O–H groups in total. The Labute approximate surface area is 332 Å². The van der Waals surface area contributed by atoms with Crippen LogP contribution in [0.5, 0.6) is 0 Å². The molecule has 1 heterocycles. The molecule has 9 aromatic carbocycles. The lowest BCUT2D eigenvalue weighted by molar-refractivity contribution is 1.28. The summed E-state index contributed by atoms with van der Waals surface area (Å²) in [6.45, 7) is 0. The highest BCUT2D eigenvalue weighted by atomic mass is 15.1. The smallest absolute Gasteiger partial charge is 0.0701 e. The Balaban J connectivity index is 1.07. The Hall–Kier alpha value is -7.55. The van der Waals surface area contributed by atoms with Gasteiger partial charge in [0.2, 0.25) is 0 Å². The van der Waals surface area contributed by atoms with Crippen LogP contribution in [-0.2, 0) is 0 Å². The molecule has 0 radical (unpaired) electrons. The summed E-state index contributed by atoms with van der Waals surface area (Å²) in [5.41, 5.74) is 18.1. The fourth-order valence-corrected chi connectivity index (χ4v) is 8.99. The molecule has 0 fully saturated rings. The van der Waals surface area contributed by atoms with Gasteiger partial charge in [-0.2, -0.15) is 0 Å². The summed E-state index contributed by atoms with van der Waals surface area (Å²) < 4.78 is 0. The number of hydrogen-bond acceptors (Lipinski definition) is 2. The third-order valence-electron chi connectivity index (χ3n) is 11.5. The van der Waals surface area contributed by atoms with Crippen molar-refractivity contribution in [3.05, 3.63) is 219 Å². The van der Waals surface area contributed by atoms with Crippen LogP contribution in [0.1, 0.15) is 0 Å². The van der Waals surface area contributed by atoms with Gasteiger partial charge in [-0.3, -0.25) is 4.98 Å². The van der Waals surface area contributed by atoms with Crippen molar-refractivity contribution < 1.29 is 0 Å². The van der Waals surface area contributed by atoms with E-state index in [4.69, 9.17) is 0 Å². The fourth-order valence-electron chi connectivity index (χ4n) is 8.99. The van der Waals surface area contributed by atoms with E-state index in [1.807, 2.05) is 24.4 Å². The molecule has 0 bridgehead atoms. The molecule has 0 amide bonds. The summed E-state index contributed by atoms with van der Waals surface area (Å²) in [5.74, 6) is 0. The molecule has 2 nitrogen and oxygen atoms in total. The number of rotatable bonds is 7. The highest BCUT2D eigenvalue weighted by Crippen LogP contribution is 2.58. The lowest BCUT2D eigenvalue weighted by Crippen LogP contribution is -2.09. The fraction of sp³-hybridized carbons (Fsp3) is 0. The summed E-state index contributed by atoms with van der Waals surface area (Å²) in [4.78, 5) is 6.88. The predicted molar refractivity (Wildman–Crippen MR) is 240 cm³/mol. The van der Waals surface area contributed by atoms with Gasteiger partial charge in [-0.05, 0) is 126 Å². The average molecular weight is 725 g/mol. The first-order chi connectivity index (χ1) is 28.3. The Morgan fingerprint density at radius 2 is 0.754 bits per heavy atom. The van der Waals surface area contributed by atoms with E-state index in [1.54, 1.807) is 0 Å². The van der Waals surface area contributed by atoms with Gasteiger partial charge < -0.3 is 4.90 Å². The van der Waals surface area contributed by atoms with Crippen LogP contribution >= 0.6 is 0 Å². The summed E-state index contributed by atoms with van der Waals surface area (Å²) in [6.07, 6.45) is 1.84. The van der Waals surface area contributed by atoms with Crippen molar-refractivity contribution in [2.45, 2.75) is 0 Å². The molecule has 11 rings (SSSR count). The van der Waals surface area contributed by atoms with Crippen LogP contribution in [0.4, 0.5) is 17.1 Å². The first kappa shape index (κ1) is 32.8.